The first kappa shape index (κ1) is 17.5. The fraction of sp³-hybridized carbons (Fsp3) is 0.565. The van der Waals surface area contributed by atoms with Crippen molar-refractivity contribution in [2.45, 2.75) is 77.2 Å². The molecule has 0 amide bonds. The minimum Gasteiger partial charge on any atom is -0.375 e. The quantitative estimate of drug-likeness (QED) is 0.589. The van der Waals surface area contributed by atoms with Crippen LogP contribution in [0.1, 0.15) is 82.8 Å². The molecular weight excluding hydrogens is 292 g/mol. The van der Waals surface area contributed by atoms with Gasteiger partial charge in [0, 0.05) is 6.61 Å². The second-order valence-corrected chi connectivity index (χ2v) is 7.90. The highest BCUT2D eigenvalue weighted by Crippen LogP contribution is 2.40. The van der Waals surface area contributed by atoms with Crippen molar-refractivity contribution in [1.29, 1.82) is 0 Å². The van der Waals surface area contributed by atoms with Crippen LogP contribution in [0.2, 0.25) is 0 Å². The lowest BCUT2D eigenvalue weighted by atomic mass is 9.76. The third kappa shape index (κ3) is 4.19. The monoisotopic (exact) mass is 324 g/mol. The van der Waals surface area contributed by atoms with Gasteiger partial charge in [-0.25, -0.2) is 0 Å². The summed E-state index contributed by atoms with van der Waals surface area (Å²) in [5, 5.41) is 0. The Hall–Kier alpha value is -1.34. The van der Waals surface area contributed by atoms with Crippen LogP contribution < -0.4 is 0 Å². The molecule has 1 aromatic carbocycles. The molecule has 1 aromatic rings. The van der Waals surface area contributed by atoms with Crippen LogP contribution in [0.25, 0.3) is 5.57 Å². The highest BCUT2D eigenvalue weighted by Gasteiger charge is 2.32. The maximum Gasteiger partial charge on any atom is 0.0655 e. The molecule has 2 aliphatic rings. The van der Waals surface area contributed by atoms with Crippen molar-refractivity contribution in [2.24, 2.45) is 0 Å². The summed E-state index contributed by atoms with van der Waals surface area (Å²) >= 11 is 0. The van der Waals surface area contributed by atoms with Gasteiger partial charge in [0.05, 0.1) is 5.60 Å². The van der Waals surface area contributed by atoms with Gasteiger partial charge in [0.25, 0.3) is 0 Å². The van der Waals surface area contributed by atoms with Crippen molar-refractivity contribution in [3.05, 3.63) is 53.1 Å². The number of ether oxygens (including phenoxy) is 1. The maximum atomic E-state index is 6.10. The molecule has 1 fully saturated rings. The predicted octanol–water partition coefficient (Wildman–Crippen LogP) is 6.65. The Balaban J connectivity index is 1.61. The zero-order valence-electron chi connectivity index (χ0n) is 15.6. The molecule has 0 bridgehead atoms. The lowest BCUT2D eigenvalue weighted by Crippen LogP contribution is -2.33. The van der Waals surface area contributed by atoms with Crippen molar-refractivity contribution >= 4 is 5.57 Å². The molecule has 0 heterocycles. The van der Waals surface area contributed by atoms with Crippen LogP contribution in [0.3, 0.4) is 0 Å². The van der Waals surface area contributed by atoms with E-state index in [0.29, 0.717) is 5.92 Å². The third-order valence-corrected chi connectivity index (χ3v) is 5.81. The summed E-state index contributed by atoms with van der Waals surface area (Å²) in [6, 6.07) is 9.39. The summed E-state index contributed by atoms with van der Waals surface area (Å²) in [5.74, 6) is 0.708. The van der Waals surface area contributed by atoms with Gasteiger partial charge in [0.15, 0.2) is 0 Å². The van der Waals surface area contributed by atoms with Gasteiger partial charge >= 0.3 is 0 Å². The second kappa shape index (κ2) is 7.70. The van der Waals surface area contributed by atoms with E-state index in [4.69, 9.17) is 4.74 Å². The molecule has 2 aliphatic carbocycles. The minimum atomic E-state index is 0.115. The highest BCUT2D eigenvalue weighted by molar-refractivity contribution is 5.68. The zero-order valence-corrected chi connectivity index (χ0v) is 15.6. The lowest BCUT2D eigenvalue weighted by Gasteiger charge is -2.37. The second-order valence-electron chi connectivity index (χ2n) is 7.90. The van der Waals surface area contributed by atoms with E-state index in [0.717, 1.165) is 13.0 Å². The van der Waals surface area contributed by atoms with Crippen molar-refractivity contribution in [2.75, 3.05) is 6.61 Å². The smallest absolute Gasteiger partial charge is 0.0655 e. The molecule has 3 rings (SSSR count). The first-order valence-electron chi connectivity index (χ1n) is 9.70. The van der Waals surface area contributed by atoms with Crippen molar-refractivity contribution in [1.82, 2.24) is 0 Å². The van der Waals surface area contributed by atoms with Crippen LogP contribution in [0, 0.1) is 0 Å². The molecule has 0 aliphatic heterocycles. The molecule has 0 unspecified atom stereocenters. The van der Waals surface area contributed by atoms with Crippen LogP contribution in [-0.4, -0.2) is 12.2 Å². The van der Waals surface area contributed by atoms with E-state index >= 15 is 0 Å². The SMILES string of the molecule is CCCOC1(C)CCC(c2ccc(C3=CC=C(C)CC3)cc2)CC1. The van der Waals surface area contributed by atoms with Crippen molar-refractivity contribution < 1.29 is 4.74 Å². The van der Waals surface area contributed by atoms with Gasteiger partial charge < -0.3 is 4.74 Å². The van der Waals surface area contributed by atoms with Crippen LogP contribution in [0.15, 0.2) is 42.0 Å². The van der Waals surface area contributed by atoms with Crippen LogP contribution >= 0.6 is 0 Å². The Morgan fingerprint density at radius 1 is 1.04 bits per heavy atom. The van der Waals surface area contributed by atoms with Gasteiger partial charge in [-0.3, -0.25) is 0 Å². The number of benzene rings is 1. The van der Waals surface area contributed by atoms with Gasteiger partial charge in [0.2, 0.25) is 0 Å². The average molecular weight is 325 g/mol. The Kier molecular flexibility index (Phi) is 5.61. The Morgan fingerprint density at radius 2 is 1.75 bits per heavy atom. The van der Waals surface area contributed by atoms with Crippen LogP contribution in [-0.2, 0) is 4.74 Å². The van der Waals surface area contributed by atoms with Gasteiger partial charge in [-0.05, 0) is 81.4 Å². The molecule has 0 radical (unpaired) electrons. The standard InChI is InChI=1S/C23H32O/c1-4-17-24-23(3)15-13-22(14-16-23)21-11-9-20(10-12-21)19-7-5-18(2)6-8-19/h5,7,9-12,22H,4,6,8,13-17H2,1-3H3. The van der Waals surface area contributed by atoms with Crippen molar-refractivity contribution in [3.8, 4) is 0 Å². The van der Waals surface area contributed by atoms with E-state index in [9.17, 15) is 0 Å². The van der Waals surface area contributed by atoms with Crippen LogP contribution in [0.4, 0.5) is 0 Å². The maximum absolute atomic E-state index is 6.10. The average Bonchev–Trinajstić information content (AvgIpc) is 2.62. The molecule has 0 atom stereocenters. The first-order chi connectivity index (χ1) is 11.6. The predicted molar refractivity (Wildman–Crippen MR) is 103 cm³/mol. The molecule has 0 aromatic heterocycles. The molecule has 1 saturated carbocycles. The van der Waals surface area contributed by atoms with Gasteiger partial charge in [0.1, 0.15) is 0 Å². The third-order valence-electron chi connectivity index (χ3n) is 5.81. The molecule has 0 saturated heterocycles. The molecule has 130 valence electrons. The van der Waals surface area contributed by atoms with Gasteiger partial charge in [-0.1, -0.05) is 48.9 Å². The number of rotatable bonds is 5. The molecular formula is C23H32O. The van der Waals surface area contributed by atoms with Crippen molar-refractivity contribution in [3.63, 3.8) is 0 Å². The summed E-state index contributed by atoms with van der Waals surface area (Å²) in [7, 11) is 0. The van der Waals surface area contributed by atoms with E-state index in [-0.39, 0.29) is 5.60 Å². The van der Waals surface area contributed by atoms with E-state index in [1.165, 1.54) is 60.8 Å². The Bertz CT molecular complexity index is 597. The van der Waals surface area contributed by atoms with E-state index in [2.05, 4.69) is 57.2 Å². The molecule has 0 spiro atoms. The summed E-state index contributed by atoms with van der Waals surface area (Å²) in [4.78, 5) is 0. The number of allylic oxidation sites excluding steroid dienone is 4. The zero-order chi connectivity index (χ0) is 17.0. The van der Waals surface area contributed by atoms with Gasteiger partial charge in [-0.2, -0.15) is 0 Å². The summed E-state index contributed by atoms with van der Waals surface area (Å²) < 4.78 is 6.10. The Labute approximate surface area is 147 Å². The fourth-order valence-corrected chi connectivity index (χ4v) is 4.01. The van der Waals surface area contributed by atoms with Crippen LogP contribution in [0.5, 0.6) is 0 Å². The van der Waals surface area contributed by atoms with E-state index < -0.39 is 0 Å². The first-order valence-corrected chi connectivity index (χ1v) is 9.70. The lowest BCUT2D eigenvalue weighted by molar-refractivity contribution is -0.0589. The summed E-state index contributed by atoms with van der Waals surface area (Å²) in [6.07, 6.45) is 12.9. The highest BCUT2D eigenvalue weighted by atomic mass is 16.5. The topological polar surface area (TPSA) is 9.23 Å². The van der Waals surface area contributed by atoms with Gasteiger partial charge in [-0.15, -0.1) is 0 Å². The molecule has 24 heavy (non-hydrogen) atoms. The number of hydrogen-bond acceptors (Lipinski definition) is 1. The minimum absolute atomic E-state index is 0.115. The fourth-order valence-electron chi connectivity index (χ4n) is 4.01. The summed E-state index contributed by atoms with van der Waals surface area (Å²) in [5.41, 5.74) is 6.00. The van der Waals surface area contributed by atoms with E-state index in [1.54, 1.807) is 0 Å². The Morgan fingerprint density at radius 3 is 2.33 bits per heavy atom. The molecule has 0 N–H and O–H groups in total. The molecule has 1 nitrogen and oxygen atoms in total. The number of hydrogen-bond donors (Lipinski definition) is 0. The normalized spacial score (nSPS) is 27.5. The summed E-state index contributed by atoms with van der Waals surface area (Å²) in [6.45, 7) is 7.61. The van der Waals surface area contributed by atoms with E-state index in [1.807, 2.05) is 0 Å². The molecule has 1 heteroatoms. The largest absolute Gasteiger partial charge is 0.375 e.